The second-order valence-corrected chi connectivity index (χ2v) is 8.76. The van der Waals surface area contributed by atoms with Gasteiger partial charge in [-0.3, -0.25) is 4.39 Å². The van der Waals surface area contributed by atoms with Gasteiger partial charge in [0.2, 0.25) is 0 Å². The van der Waals surface area contributed by atoms with E-state index in [-0.39, 0.29) is 6.67 Å². The predicted molar refractivity (Wildman–Crippen MR) is 113 cm³/mol. The molecule has 0 spiro atoms. The van der Waals surface area contributed by atoms with Crippen LogP contribution in [0.15, 0.2) is 0 Å². The van der Waals surface area contributed by atoms with Crippen LogP contribution in [0, 0.1) is 0 Å². The van der Waals surface area contributed by atoms with E-state index in [0.29, 0.717) is 0 Å². The zero-order chi connectivity index (χ0) is 17.6. The van der Waals surface area contributed by atoms with Crippen LogP contribution >= 0.6 is 0 Å². The molecule has 0 N–H and O–H groups in total. The highest BCUT2D eigenvalue weighted by Crippen LogP contribution is 2.14. The molecule has 0 heterocycles. The van der Waals surface area contributed by atoms with Crippen LogP contribution in [0.25, 0.3) is 0 Å². The molecule has 0 nitrogen and oxygen atoms in total. The van der Waals surface area contributed by atoms with Gasteiger partial charge in [0.15, 0.2) is 0 Å². The Balaban J connectivity index is 2.93. The lowest BCUT2D eigenvalue weighted by atomic mass is 10.0. The number of rotatable bonds is 21. The molecule has 0 bridgehead atoms. The van der Waals surface area contributed by atoms with E-state index in [0.717, 1.165) is 12.8 Å². The highest BCUT2D eigenvalue weighted by molar-refractivity contribution is 6.08. The van der Waals surface area contributed by atoms with E-state index in [1.165, 1.54) is 132 Å². The van der Waals surface area contributed by atoms with Crippen molar-refractivity contribution in [2.75, 3.05) is 6.67 Å². The Bertz CT molecular complexity index is 186. The van der Waals surface area contributed by atoms with Crippen LogP contribution in [0.2, 0.25) is 6.04 Å². The lowest BCUT2D eigenvalue weighted by molar-refractivity contribution is 0.448. The molecule has 24 heavy (non-hydrogen) atoms. The Labute approximate surface area is 156 Å². The minimum absolute atomic E-state index is 0.125. The first-order valence-electron chi connectivity index (χ1n) is 11.5. The molecule has 0 atom stereocenters. The summed E-state index contributed by atoms with van der Waals surface area (Å²) in [6, 6.07) is 1.50. The fourth-order valence-electron chi connectivity index (χ4n) is 3.53. The molecular formula is C22H47FSi. The van der Waals surface area contributed by atoms with Crippen LogP contribution in [-0.4, -0.2) is 16.9 Å². The van der Waals surface area contributed by atoms with Gasteiger partial charge in [0.1, 0.15) is 0 Å². The SMILES string of the molecule is FCCCCCCCCCCCCCCCCCCCCCC[SiH3]. The van der Waals surface area contributed by atoms with Crippen molar-refractivity contribution in [2.45, 2.75) is 134 Å². The molecule has 0 saturated carbocycles. The summed E-state index contributed by atoms with van der Waals surface area (Å²) < 4.78 is 11.9. The van der Waals surface area contributed by atoms with Gasteiger partial charge in [-0.15, -0.1) is 0 Å². The maximum Gasteiger partial charge on any atom is 0.0894 e. The van der Waals surface area contributed by atoms with Crippen molar-refractivity contribution in [3.63, 3.8) is 0 Å². The fraction of sp³-hybridized carbons (Fsp3) is 1.00. The number of hydrogen-bond acceptors (Lipinski definition) is 0. The smallest absolute Gasteiger partial charge is 0.0894 e. The highest BCUT2D eigenvalue weighted by atomic mass is 28.1. The minimum Gasteiger partial charge on any atom is -0.251 e. The van der Waals surface area contributed by atoms with Gasteiger partial charge in [-0.1, -0.05) is 128 Å². The molecule has 146 valence electrons. The third-order valence-electron chi connectivity index (χ3n) is 5.24. The van der Waals surface area contributed by atoms with Crippen LogP contribution < -0.4 is 0 Å². The van der Waals surface area contributed by atoms with Crippen LogP contribution in [-0.2, 0) is 0 Å². The van der Waals surface area contributed by atoms with Crippen molar-refractivity contribution in [3.05, 3.63) is 0 Å². The van der Waals surface area contributed by atoms with E-state index in [1.807, 2.05) is 0 Å². The topological polar surface area (TPSA) is 0 Å². The second-order valence-electron chi connectivity index (χ2n) is 7.76. The number of hydrogen-bond donors (Lipinski definition) is 0. The second kappa shape index (κ2) is 23.1. The van der Waals surface area contributed by atoms with Crippen molar-refractivity contribution in [1.29, 1.82) is 0 Å². The van der Waals surface area contributed by atoms with Crippen molar-refractivity contribution < 1.29 is 4.39 Å². The van der Waals surface area contributed by atoms with Crippen LogP contribution in [0.1, 0.15) is 128 Å². The molecule has 0 rings (SSSR count). The highest BCUT2D eigenvalue weighted by Gasteiger charge is 1.95. The number of alkyl halides is 1. The van der Waals surface area contributed by atoms with Gasteiger partial charge >= 0.3 is 0 Å². The Kier molecular flexibility index (Phi) is 23.3. The molecule has 0 amide bonds. The summed E-state index contributed by atoms with van der Waals surface area (Å²) in [5.41, 5.74) is 0. The fourth-order valence-corrected chi connectivity index (χ4v) is 4.03. The van der Waals surface area contributed by atoms with E-state index in [2.05, 4.69) is 0 Å². The monoisotopic (exact) mass is 358 g/mol. The molecule has 0 aliphatic rings. The summed E-state index contributed by atoms with van der Waals surface area (Å²) in [5.74, 6) is 0. The third-order valence-corrected chi connectivity index (χ3v) is 5.94. The Morgan fingerprint density at radius 1 is 0.333 bits per heavy atom. The molecule has 2 heteroatoms. The first kappa shape index (κ1) is 24.1. The summed E-state index contributed by atoms with van der Waals surface area (Å²) in [5, 5.41) is 0. The van der Waals surface area contributed by atoms with Crippen molar-refractivity contribution in [3.8, 4) is 0 Å². The molecule has 0 fully saturated rings. The van der Waals surface area contributed by atoms with Gasteiger partial charge < -0.3 is 0 Å². The molecule has 0 saturated heterocycles. The molecule has 0 radical (unpaired) electrons. The van der Waals surface area contributed by atoms with Crippen LogP contribution in [0.3, 0.4) is 0 Å². The van der Waals surface area contributed by atoms with Crippen molar-refractivity contribution in [2.24, 2.45) is 0 Å². The zero-order valence-electron chi connectivity index (χ0n) is 16.9. The molecular weight excluding hydrogens is 311 g/mol. The predicted octanol–water partition coefficient (Wildman–Crippen LogP) is 7.54. The first-order valence-corrected chi connectivity index (χ1v) is 12.9. The molecule has 0 aliphatic heterocycles. The Morgan fingerprint density at radius 2 is 0.542 bits per heavy atom. The summed E-state index contributed by atoms with van der Waals surface area (Å²) in [7, 11) is 1.40. The summed E-state index contributed by atoms with van der Waals surface area (Å²) >= 11 is 0. The molecule has 0 aliphatic carbocycles. The van der Waals surface area contributed by atoms with Crippen molar-refractivity contribution in [1.82, 2.24) is 0 Å². The van der Waals surface area contributed by atoms with E-state index in [9.17, 15) is 4.39 Å². The third kappa shape index (κ3) is 22.1. The zero-order valence-corrected chi connectivity index (χ0v) is 18.9. The maximum absolute atomic E-state index is 11.9. The molecule has 0 aromatic carbocycles. The Hall–Kier alpha value is 0.147. The Morgan fingerprint density at radius 3 is 0.750 bits per heavy atom. The summed E-state index contributed by atoms with van der Waals surface area (Å²) in [6.45, 7) is -0.125. The number of unbranched alkanes of at least 4 members (excludes halogenated alkanes) is 19. The standard InChI is InChI=1S/C22H47FSi/c23-21-19-17-15-13-11-9-7-5-3-1-2-4-6-8-10-12-14-16-18-20-22-24/h1-22H2,24H3. The summed E-state index contributed by atoms with van der Waals surface area (Å²) in [4.78, 5) is 0. The molecule has 0 unspecified atom stereocenters. The van der Waals surface area contributed by atoms with Crippen LogP contribution in [0.4, 0.5) is 4.39 Å². The van der Waals surface area contributed by atoms with E-state index in [4.69, 9.17) is 0 Å². The first-order chi connectivity index (χ1) is 11.9. The summed E-state index contributed by atoms with van der Waals surface area (Å²) in [6.07, 6.45) is 27.7. The van der Waals surface area contributed by atoms with E-state index < -0.39 is 0 Å². The number of halogens is 1. The normalized spacial score (nSPS) is 11.4. The van der Waals surface area contributed by atoms with Gasteiger partial charge in [-0.2, -0.15) is 0 Å². The lowest BCUT2D eigenvalue weighted by Gasteiger charge is -2.04. The van der Waals surface area contributed by atoms with E-state index >= 15 is 0 Å². The van der Waals surface area contributed by atoms with Gasteiger partial charge in [0.25, 0.3) is 0 Å². The average Bonchev–Trinajstić information content (AvgIpc) is 2.60. The average molecular weight is 359 g/mol. The van der Waals surface area contributed by atoms with Crippen molar-refractivity contribution >= 4 is 10.2 Å². The van der Waals surface area contributed by atoms with Gasteiger partial charge in [-0.25, -0.2) is 0 Å². The molecule has 0 aromatic rings. The molecule has 0 aromatic heterocycles. The lowest BCUT2D eigenvalue weighted by Crippen LogP contribution is -1.84. The van der Waals surface area contributed by atoms with Gasteiger partial charge in [0, 0.05) is 10.2 Å². The maximum atomic E-state index is 11.9. The quantitative estimate of drug-likeness (QED) is 0.147. The van der Waals surface area contributed by atoms with Gasteiger partial charge in [-0.05, 0) is 6.42 Å². The van der Waals surface area contributed by atoms with E-state index in [1.54, 1.807) is 0 Å². The minimum atomic E-state index is -0.125. The van der Waals surface area contributed by atoms with Gasteiger partial charge in [0.05, 0.1) is 6.67 Å². The largest absolute Gasteiger partial charge is 0.251 e. The van der Waals surface area contributed by atoms with Crippen LogP contribution in [0.5, 0.6) is 0 Å².